The Morgan fingerprint density at radius 1 is 0.931 bits per heavy atom. The molecule has 7 heteroatoms. The van der Waals surface area contributed by atoms with E-state index in [0.717, 1.165) is 37.8 Å². The van der Waals surface area contributed by atoms with Crippen LogP contribution in [-0.2, 0) is 27.7 Å². The molecular formula is C22H35N3O3S. The quantitative estimate of drug-likeness (QED) is 0.569. The van der Waals surface area contributed by atoms with Gasteiger partial charge in [-0.25, -0.2) is 13.1 Å². The van der Waals surface area contributed by atoms with E-state index in [0.29, 0.717) is 24.3 Å². The molecule has 29 heavy (non-hydrogen) atoms. The number of piperidine rings is 1. The normalized spacial score (nSPS) is 17.7. The summed E-state index contributed by atoms with van der Waals surface area (Å²) in [7, 11) is -3.51. The lowest BCUT2D eigenvalue weighted by Gasteiger charge is -2.26. The Hall–Kier alpha value is -1.44. The lowest BCUT2D eigenvalue weighted by molar-refractivity contribution is -0.121. The molecule has 1 aliphatic heterocycles. The van der Waals surface area contributed by atoms with Gasteiger partial charge in [0.25, 0.3) is 0 Å². The van der Waals surface area contributed by atoms with Crippen LogP contribution in [0.15, 0.2) is 23.1 Å². The zero-order valence-electron chi connectivity index (χ0n) is 17.4. The standard InChI is InChI=1S/C22H35N3O3S/c26-22(23-13-7-17-25-15-4-1-5-16-25)10-6-14-24-29(27,28)21-12-11-19-8-2-3-9-20(19)18-21/h11-12,18,24H,1-10,13-17H2,(H,23,26). The van der Waals surface area contributed by atoms with Crippen molar-refractivity contribution in [1.29, 1.82) is 0 Å². The van der Waals surface area contributed by atoms with Gasteiger partial charge in [-0.2, -0.15) is 0 Å². The first-order chi connectivity index (χ1) is 14.0. The van der Waals surface area contributed by atoms with E-state index in [4.69, 9.17) is 0 Å². The first kappa shape index (κ1) is 22.2. The second-order valence-corrected chi connectivity index (χ2v) is 10.0. The highest BCUT2D eigenvalue weighted by Crippen LogP contribution is 2.24. The Bertz CT molecular complexity index is 774. The summed E-state index contributed by atoms with van der Waals surface area (Å²) in [5, 5.41) is 2.94. The van der Waals surface area contributed by atoms with Gasteiger partial charge < -0.3 is 10.2 Å². The molecule has 162 valence electrons. The molecule has 0 spiro atoms. The minimum absolute atomic E-state index is 0.00313. The van der Waals surface area contributed by atoms with Gasteiger partial charge in [0, 0.05) is 19.5 Å². The number of rotatable bonds is 10. The van der Waals surface area contributed by atoms with Gasteiger partial charge in [-0.1, -0.05) is 12.5 Å². The molecule has 0 atom stereocenters. The molecule has 0 radical (unpaired) electrons. The van der Waals surface area contributed by atoms with E-state index < -0.39 is 10.0 Å². The van der Waals surface area contributed by atoms with Crippen LogP contribution in [0.25, 0.3) is 0 Å². The zero-order valence-corrected chi connectivity index (χ0v) is 18.2. The molecule has 1 fully saturated rings. The van der Waals surface area contributed by atoms with Gasteiger partial charge in [-0.15, -0.1) is 0 Å². The summed E-state index contributed by atoms with van der Waals surface area (Å²) >= 11 is 0. The van der Waals surface area contributed by atoms with Gasteiger partial charge in [0.1, 0.15) is 0 Å². The number of amides is 1. The van der Waals surface area contributed by atoms with Crippen molar-refractivity contribution in [2.45, 2.75) is 69.1 Å². The van der Waals surface area contributed by atoms with E-state index in [1.54, 1.807) is 6.07 Å². The zero-order chi connectivity index (χ0) is 20.5. The van der Waals surface area contributed by atoms with Crippen LogP contribution in [0, 0.1) is 0 Å². The monoisotopic (exact) mass is 421 g/mol. The van der Waals surface area contributed by atoms with Crippen molar-refractivity contribution in [2.75, 3.05) is 32.7 Å². The number of likely N-dealkylation sites (tertiary alicyclic amines) is 1. The number of sulfonamides is 1. The third kappa shape index (κ3) is 7.08. The molecule has 0 aromatic heterocycles. The summed E-state index contributed by atoms with van der Waals surface area (Å²) in [6, 6.07) is 5.45. The SMILES string of the molecule is O=C(CCCNS(=O)(=O)c1ccc2c(c1)CCCC2)NCCCN1CCCCC1. The van der Waals surface area contributed by atoms with Gasteiger partial charge in [0.15, 0.2) is 0 Å². The fraction of sp³-hybridized carbons (Fsp3) is 0.682. The number of nitrogens with one attached hydrogen (secondary N) is 2. The third-order valence-corrected chi connectivity index (χ3v) is 7.38. The van der Waals surface area contributed by atoms with Crippen LogP contribution in [0.2, 0.25) is 0 Å². The Morgan fingerprint density at radius 3 is 2.48 bits per heavy atom. The average Bonchev–Trinajstić information content (AvgIpc) is 2.75. The predicted octanol–water partition coefficient (Wildman–Crippen LogP) is 2.62. The van der Waals surface area contributed by atoms with Gasteiger partial charge in [0.05, 0.1) is 4.90 Å². The molecule has 1 aromatic carbocycles. The minimum atomic E-state index is -3.51. The van der Waals surface area contributed by atoms with Crippen molar-refractivity contribution in [1.82, 2.24) is 14.9 Å². The van der Waals surface area contributed by atoms with Crippen molar-refractivity contribution in [2.24, 2.45) is 0 Å². The topological polar surface area (TPSA) is 78.5 Å². The number of hydrogen-bond acceptors (Lipinski definition) is 4. The predicted molar refractivity (Wildman–Crippen MR) is 115 cm³/mol. The molecule has 3 rings (SSSR count). The van der Waals surface area contributed by atoms with Crippen LogP contribution in [0.4, 0.5) is 0 Å². The number of nitrogens with zero attached hydrogens (tertiary/aromatic N) is 1. The molecule has 1 saturated heterocycles. The lowest BCUT2D eigenvalue weighted by Crippen LogP contribution is -2.33. The average molecular weight is 422 g/mol. The largest absolute Gasteiger partial charge is 0.356 e. The molecule has 1 aromatic rings. The molecule has 1 heterocycles. The van der Waals surface area contributed by atoms with E-state index in [1.807, 2.05) is 12.1 Å². The smallest absolute Gasteiger partial charge is 0.240 e. The van der Waals surface area contributed by atoms with Crippen LogP contribution in [-0.4, -0.2) is 51.9 Å². The fourth-order valence-electron chi connectivity index (χ4n) is 4.22. The van der Waals surface area contributed by atoms with E-state index in [1.165, 1.54) is 44.3 Å². The number of carbonyl (C=O) groups excluding carboxylic acids is 1. The summed E-state index contributed by atoms with van der Waals surface area (Å²) in [5.41, 5.74) is 2.43. The van der Waals surface area contributed by atoms with E-state index in [9.17, 15) is 13.2 Å². The molecule has 0 bridgehead atoms. The van der Waals surface area contributed by atoms with Gasteiger partial charge in [-0.05, 0) is 94.3 Å². The molecule has 0 saturated carbocycles. The number of carbonyl (C=O) groups is 1. The molecule has 6 nitrogen and oxygen atoms in total. The maximum Gasteiger partial charge on any atom is 0.240 e. The van der Waals surface area contributed by atoms with E-state index in [-0.39, 0.29) is 12.5 Å². The Balaban J connectivity index is 1.31. The molecule has 2 aliphatic rings. The van der Waals surface area contributed by atoms with Crippen LogP contribution < -0.4 is 10.0 Å². The second kappa shape index (κ2) is 11.1. The lowest BCUT2D eigenvalue weighted by atomic mass is 9.92. The van der Waals surface area contributed by atoms with E-state index in [2.05, 4.69) is 14.9 Å². The van der Waals surface area contributed by atoms with Crippen molar-refractivity contribution in [3.8, 4) is 0 Å². The van der Waals surface area contributed by atoms with Crippen molar-refractivity contribution in [3.63, 3.8) is 0 Å². The fourth-order valence-corrected chi connectivity index (χ4v) is 5.34. The number of aryl methyl sites for hydroxylation is 2. The second-order valence-electron chi connectivity index (χ2n) is 8.24. The van der Waals surface area contributed by atoms with Gasteiger partial charge in [-0.3, -0.25) is 4.79 Å². The summed E-state index contributed by atoms with van der Waals surface area (Å²) in [6.45, 7) is 4.37. The molecular weight excluding hydrogens is 386 g/mol. The Morgan fingerprint density at radius 2 is 1.69 bits per heavy atom. The summed E-state index contributed by atoms with van der Waals surface area (Å²) < 4.78 is 27.6. The highest BCUT2D eigenvalue weighted by atomic mass is 32.2. The van der Waals surface area contributed by atoms with E-state index >= 15 is 0 Å². The minimum Gasteiger partial charge on any atom is -0.356 e. The summed E-state index contributed by atoms with van der Waals surface area (Å²) in [6.07, 6.45) is 10.0. The Labute approximate surface area is 175 Å². The van der Waals surface area contributed by atoms with Crippen LogP contribution >= 0.6 is 0 Å². The van der Waals surface area contributed by atoms with Crippen LogP contribution in [0.1, 0.15) is 62.5 Å². The first-order valence-corrected chi connectivity index (χ1v) is 12.6. The van der Waals surface area contributed by atoms with Crippen LogP contribution in [0.3, 0.4) is 0 Å². The van der Waals surface area contributed by atoms with Crippen molar-refractivity contribution >= 4 is 15.9 Å². The Kier molecular flexibility index (Phi) is 8.51. The number of benzene rings is 1. The molecule has 0 unspecified atom stereocenters. The number of hydrogen-bond donors (Lipinski definition) is 2. The van der Waals surface area contributed by atoms with Crippen molar-refractivity contribution < 1.29 is 13.2 Å². The third-order valence-electron chi connectivity index (χ3n) is 5.92. The first-order valence-electron chi connectivity index (χ1n) is 11.2. The summed E-state index contributed by atoms with van der Waals surface area (Å²) in [5.74, 6) is -0.00313. The molecule has 1 aliphatic carbocycles. The highest BCUT2D eigenvalue weighted by molar-refractivity contribution is 7.89. The van der Waals surface area contributed by atoms with Crippen molar-refractivity contribution in [3.05, 3.63) is 29.3 Å². The molecule has 1 amide bonds. The summed E-state index contributed by atoms with van der Waals surface area (Å²) in [4.78, 5) is 14.7. The van der Waals surface area contributed by atoms with Crippen LogP contribution in [0.5, 0.6) is 0 Å². The maximum absolute atomic E-state index is 12.5. The van der Waals surface area contributed by atoms with Gasteiger partial charge >= 0.3 is 0 Å². The maximum atomic E-state index is 12.5. The number of fused-ring (bicyclic) bond motifs is 1. The highest BCUT2D eigenvalue weighted by Gasteiger charge is 2.17. The molecule has 2 N–H and O–H groups in total. The van der Waals surface area contributed by atoms with Gasteiger partial charge in [0.2, 0.25) is 15.9 Å².